The van der Waals surface area contributed by atoms with Gasteiger partial charge in [0, 0.05) is 18.5 Å². The summed E-state index contributed by atoms with van der Waals surface area (Å²) in [5.74, 6) is 0.480. The van der Waals surface area contributed by atoms with Gasteiger partial charge in [0.25, 0.3) is 0 Å². The first-order chi connectivity index (χ1) is 11.1. The van der Waals surface area contributed by atoms with Crippen LogP contribution in [0.4, 0.5) is 4.39 Å². The van der Waals surface area contributed by atoms with Crippen molar-refractivity contribution in [1.29, 1.82) is 5.26 Å². The van der Waals surface area contributed by atoms with Gasteiger partial charge in [0.1, 0.15) is 11.6 Å². The van der Waals surface area contributed by atoms with Crippen LogP contribution in [0.1, 0.15) is 24.0 Å². The first-order valence-corrected chi connectivity index (χ1v) is 7.70. The maximum atomic E-state index is 13.6. The van der Waals surface area contributed by atoms with Crippen LogP contribution in [0.3, 0.4) is 0 Å². The van der Waals surface area contributed by atoms with E-state index in [9.17, 15) is 4.39 Å². The predicted molar refractivity (Wildman–Crippen MR) is 89.4 cm³/mol. The summed E-state index contributed by atoms with van der Waals surface area (Å²) in [6.45, 7) is 4.83. The molecule has 0 saturated heterocycles. The van der Waals surface area contributed by atoms with E-state index in [2.05, 4.69) is 36.6 Å². The molecular formula is C19H18FN3. The molecule has 3 nitrogen and oxygen atoms in total. The van der Waals surface area contributed by atoms with Crippen LogP contribution in [-0.2, 0) is 6.54 Å². The third-order valence-electron chi connectivity index (χ3n) is 4.12. The van der Waals surface area contributed by atoms with Crippen LogP contribution >= 0.6 is 0 Å². The highest BCUT2D eigenvalue weighted by atomic mass is 19.1. The zero-order valence-corrected chi connectivity index (χ0v) is 13.3. The summed E-state index contributed by atoms with van der Waals surface area (Å²) in [6, 6.07) is 12.8. The first-order valence-electron chi connectivity index (χ1n) is 7.70. The van der Waals surface area contributed by atoms with Crippen LogP contribution in [0.2, 0.25) is 0 Å². The van der Waals surface area contributed by atoms with Gasteiger partial charge in [0.2, 0.25) is 0 Å². The average molecular weight is 307 g/mol. The maximum Gasteiger partial charge on any atom is 0.141 e. The number of aromatic nitrogens is 2. The minimum Gasteiger partial charge on any atom is -0.324 e. The van der Waals surface area contributed by atoms with Crippen molar-refractivity contribution in [2.24, 2.45) is 0 Å². The van der Waals surface area contributed by atoms with E-state index in [1.807, 2.05) is 6.07 Å². The van der Waals surface area contributed by atoms with Gasteiger partial charge < -0.3 is 4.57 Å². The second kappa shape index (κ2) is 6.21. The van der Waals surface area contributed by atoms with Crippen molar-refractivity contribution < 1.29 is 4.39 Å². The molecule has 0 amide bonds. The molecule has 0 aliphatic heterocycles. The molecule has 3 rings (SSSR count). The van der Waals surface area contributed by atoms with Crippen molar-refractivity contribution in [3.05, 3.63) is 53.3 Å². The monoisotopic (exact) mass is 307 g/mol. The number of nitriles is 1. The lowest BCUT2D eigenvalue weighted by Gasteiger charge is -2.09. The number of aryl methyl sites for hydroxylation is 3. The van der Waals surface area contributed by atoms with Gasteiger partial charge in [-0.1, -0.05) is 12.1 Å². The molecule has 2 aromatic carbocycles. The summed E-state index contributed by atoms with van der Waals surface area (Å²) in [7, 11) is 0. The molecule has 0 spiro atoms. The molecule has 1 aromatic heterocycles. The Morgan fingerprint density at radius 1 is 1.17 bits per heavy atom. The molecule has 0 unspecified atom stereocenters. The Balaban J connectivity index is 2.19. The lowest BCUT2D eigenvalue weighted by Crippen LogP contribution is -2.01. The number of benzene rings is 2. The number of fused-ring (bicyclic) bond motifs is 1. The summed E-state index contributed by atoms with van der Waals surface area (Å²) in [5.41, 5.74) is 5.08. The van der Waals surface area contributed by atoms with Gasteiger partial charge in [0.15, 0.2) is 0 Å². The number of nitrogens with zero attached hydrogens (tertiary/aromatic N) is 3. The van der Waals surface area contributed by atoms with E-state index >= 15 is 0 Å². The molecular weight excluding hydrogens is 289 g/mol. The number of halogens is 1. The fraction of sp³-hybridized carbons (Fsp3) is 0.263. The largest absolute Gasteiger partial charge is 0.324 e. The van der Waals surface area contributed by atoms with E-state index in [4.69, 9.17) is 10.2 Å². The topological polar surface area (TPSA) is 41.6 Å². The number of hydrogen-bond acceptors (Lipinski definition) is 2. The molecule has 0 radical (unpaired) electrons. The minimum absolute atomic E-state index is 0.273. The molecule has 0 N–H and O–H groups in total. The summed E-state index contributed by atoms with van der Waals surface area (Å²) >= 11 is 0. The lowest BCUT2D eigenvalue weighted by atomic mass is 10.1. The quantitative estimate of drug-likeness (QED) is 0.652. The van der Waals surface area contributed by atoms with Crippen LogP contribution in [0, 0.1) is 31.0 Å². The highest BCUT2D eigenvalue weighted by Crippen LogP contribution is 2.27. The molecule has 4 heteroatoms. The van der Waals surface area contributed by atoms with Gasteiger partial charge in [0.05, 0.1) is 17.1 Å². The Labute approximate surface area is 135 Å². The van der Waals surface area contributed by atoms with Crippen molar-refractivity contribution in [2.75, 3.05) is 0 Å². The Morgan fingerprint density at radius 2 is 1.96 bits per heavy atom. The van der Waals surface area contributed by atoms with Crippen molar-refractivity contribution in [3.8, 4) is 17.5 Å². The zero-order valence-electron chi connectivity index (χ0n) is 13.3. The Bertz CT molecular complexity index is 903. The second-order valence-corrected chi connectivity index (χ2v) is 5.78. The minimum atomic E-state index is -0.273. The maximum absolute atomic E-state index is 13.6. The normalized spacial score (nSPS) is 10.9. The second-order valence-electron chi connectivity index (χ2n) is 5.78. The Hall–Kier alpha value is -2.67. The fourth-order valence-corrected chi connectivity index (χ4v) is 2.77. The molecule has 116 valence electrons. The van der Waals surface area contributed by atoms with Crippen molar-refractivity contribution in [1.82, 2.24) is 9.55 Å². The highest BCUT2D eigenvalue weighted by Gasteiger charge is 2.14. The van der Waals surface area contributed by atoms with Crippen molar-refractivity contribution in [3.63, 3.8) is 0 Å². The van der Waals surface area contributed by atoms with E-state index in [1.165, 1.54) is 23.3 Å². The van der Waals surface area contributed by atoms with Crippen molar-refractivity contribution >= 4 is 11.0 Å². The van der Waals surface area contributed by atoms with Gasteiger partial charge in [-0.3, -0.25) is 0 Å². The first kappa shape index (κ1) is 15.2. The van der Waals surface area contributed by atoms with Crippen LogP contribution in [0.5, 0.6) is 0 Å². The standard InChI is InChI=1S/C19H18FN3/c1-13-10-17-18(11-14(13)2)23(9-4-3-8-21)19(22-17)15-6-5-7-16(20)12-15/h5-7,10-12H,3-4,9H2,1-2H3. The third kappa shape index (κ3) is 2.95. The summed E-state index contributed by atoms with van der Waals surface area (Å²) in [5, 5.41) is 8.79. The third-order valence-corrected chi connectivity index (χ3v) is 4.12. The molecule has 0 fully saturated rings. The molecule has 1 heterocycles. The van der Waals surface area contributed by atoms with Gasteiger partial charge in [-0.25, -0.2) is 9.37 Å². The lowest BCUT2D eigenvalue weighted by molar-refractivity contribution is 0.627. The molecule has 0 aliphatic carbocycles. The Kier molecular flexibility index (Phi) is 4.12. The number of imidazole rings is 1. The van der Waals surface area contributed by atoms with E-state index in [0.717, 1.165) is 28.8 Å². The predicted octanol–water partition coefficient (Wildman–Crippen LogP) is 4.76. The molecule has 3 aromatic rings. The van der Waals surface area contributed by atoms with Gasteiger partial charge >= 0.3 is 0 Å². The average Bonchev–Trinajstić information content (AvgIpc) is 2.86. The Morgan fingerprint density at radius 3 is 2.70 bits per heavy atom. The molecule has 0 saturated carbocycles. The van der Waals surface area contributed by atoms with Crippen molar-refractivity contribution in [2.45, 2.75) is 33.2 Å². The van der Waals surface area contributed by atoms with Crippen LogP contribution in [-0.4, -0.2) is 9.55 Å². The van der Waals surface area contributed by atoms with Gasteiger partial charge in [-0.05, 0) is 55.7 Å². The number of hydrogen-bond donors (Lipinski definition) is 0. The highest BCUT2D eigenvalue weighted by molar-refractivity contribution is 5.82. The van der Waals surface area contributed by atoms with Gasteiger partial charge in [-0.2, -0.15) is 5.26 Å². The zero-order chi connectivity index (χ0) is 16.4. The number of rotatable bonds is 4. The summed E-state index contributed by atoms with van der Waals surface area (Å²) in [4.78, 5) is 4.72. The molecule has 0 bridgehead atoms. The summed E-state index contributed by atoms with van der Waals surface area (Å²) < 4.78 is 15.7. The summed E-state index contributed by atoms with van der Waals surface area (Å²) in [6.07, 6.45) is 1.24. The molecule has 23 heavy (non-hydrogen) atoms. The van der Waals surface area contributed by atoms with Crippen LogP contribution in [0.25, 0.3) is 22.4 Å². The van der Waals surface area contributed by atoms with E-state index in [1.54, 1.807) is 6.07 Å². The number of unbranched alkanes of at least 4 members (excludes halogenated alkanes) is 1. The molecule has 0 atom stereocenters. The smallest absolute Gasteiger partial charge is 0.141 e. The fourth-order valence-electron chi connectivity index (χ4n) is 2.77. The van der Waals surface area contributed by atoms with E-state index in [0.29, 0.717) is 13.0 Å². The van der Waals surface area contributed by atoms with Gasteiger partial charge in [-0.15, -0.1) is 0 Å². The van der Waals surface area contributed by atoms with E-state index in [-0.39, 0.29) is 5.82 Å². The molecule has 0 aliphatic rings. The van der Waals surface area contributed by atoms with E-state index < -0.39 is 0 Å². The van der Waals surface area contributed by atoms with Crippen LogP contribution < -0.4 is 0 Å². The van der Waals surface area contributed by atoms with Crippen LogP contribution in [0.15, 0.2) is 36.4 Å². The SMILES string of the molecule is Cc1cc2nc(-c3cccc(F)c3)n(CCCC#N)c2cc1C.